The average molecular weight is 450 g/mol. The molecule has 0 aliphatic heterocycles. The number of aromatic nitrogens is 3. The van der Waals surface area contributed by atoms with Crippen molar-refractivity contribution in [1.82, 2.24) is 20.3 Å². The Hall–Kier alpha value is -3.43. The summed E-state index contributed by atoms with van der Waals surface area (Å²) in [4.78, 5) is 39.9. The number of thiophene rings is 1. The van der Waals surface area contributed by atoms with Gasteiger partial charge in [0.25, 0.3) is 5.91 Å². The van der Waals surface area contributed by atoms with Crippen LogP contribution in [0.25, 0.3) is 22.0 Å². The number of benzene rings is 1. The Bertz CT molecular complexity index is 1220. The van der Waals surface area contributed by atoms with Crippen LogP contribution in [0.5, 0.6) is 0 Å². The molecule has 0 aliphatic rings. The van der Waals surface area contributed by atoms with E-state index in [1.54, 1.807) is 11.3 Å². The van der Waals surface area contributed by atoms with Crippen molar-refractivity contribution in [2.24, 2.45) is 0 Å². The van der Waals surface area contributed by atoms with Gasteiger partial charge in [0.2, 0.25) is 5.91 Å². The Morgan fingerprint density at radius 1 is 1.00 bits per heavy atom. The maximum atomic E-state index is 12.6. The lowest BCUT2D eigenvalue weighted by Crippen LogP contribution is -2.17. The molecular formula is C22H19N5O2S2. The van der Waals surface area contributed by atoms with E-state index in [4.69, 9.17) is 0 Å². The average Bonchev–Trinajstić information content (AvgIpc) is 3.39. The Labute approximate surface area is 187 Å². The zero-order valence-corrected chi connectivity index (χ0v) is 18.5. The van der Waals surface area contributed by atoms with Crippen molar-refractivity contribution in [3.05, 3.63) is 70.2 Å². The molecule has 4 rings (SSSR count). The van der Waals surface area contributed by atoms with Gasteiger partial charge in [0.15, 0.2) is 11.0 Å². The van der Waals surface area contributed by atoms with Gasteiger partial charge in [0.05, 0.1) is 22.7 Å². The molecule has 0 unspecified atom stereocenters. The lowest BCUT2D eigenvalue weighted by Gasteiger charge is -2.03. The number of carbonyl (C=O) groups excluding carboxylic acids is 2. The van der Waals surface area contributed by atoms with E-state index in [2.05, 4.69) is 25.6 Å². The van der Waals surface area contributed by atoms with E-state index in [0.29, 0.717) is 23.1 Å². The van der Waals surface area contributed by atoms with E-state index in [0.717, 1.165) is 25.9 Å². The molecule has 2 amide bonds. The second-order valence-electron chi connectivity index (χ2n) is 6.72. The molecule has 3 aromatic heterocycles. The van der Waals surface area contributed by atoms with Gasteiger partial charge in [-0.3, -0.25) is 14.9 Å². The van der Waals surface area contributed by atoms with Gasteiger partial charge in [-0.05, 0) is 19.1 Å². The van der Waals surface area contributed by atoms with Gasteiger partial charge in [0.1, 0.15) is 0 Å². The molecule has 156 valence electrons. The monoisotopic (exact) mass is 449 g/mol. The van der Waals surface area contributed by atoms with Gasteiger partial charge in [-0.1, -0.05) is 30.3 Å². The van der Waals surface area contributed by atoms with E-state index in [1.807, 2.05) is 49.4 Å². The summed E-state index contributed by atoms with van der Waals surface area (Å²) in [6.07, 6.45) is 3.03. The summed E-state index contributed by atoms with van der Waals surface area (Å²) in [6, 6.07) is 13.5. The fourth-order valence-corrected chi connectivity index (χ4v) is 4.72. The summed E-state index contributed by atoms with van der Waals surface area (Å²) in [7, 11) is 0. The number of nitrogens with one attached hydrogen (secondary N) is 2. The molecule has 0 radical (unpaired) electrons. The van der Waals surface area contributed by atoms with Crippen molar-refractivity contribution >= 4 is 39.6 Å². The first-order valence-corrected chi connectivity index (χ1v) is 11.1. The number of rotatable bonds is 6. The van der Waals surface area contributed by atoms with Crippen LogP contribution in [0.3, 0.4) is 0 Å². The quantitative estimate of drug-likeness (QED) is 0.451. The number of hydrogen-bond acceptors (Lipinski definition) is 7. The predicted molar refractivity (Wildman–Crippen MR) is 123 cm³/mol. The van der Waals surface area contributed by atoms with Crippen LogP contribution in [0.4, 0.5) is 5.13 Å². The van der Waals surface area contributed by atoms with Gasteiger partial charge in [-0.15, -0.1) is 22.7 Å². The molecular weight excluding hydrogens is 430 g/mol. The van der Waals surface area contributed by atoms with E-state index >= 15 is 0 Å². The largest absolute Gasteiger partial charge is 0.351 e. The van der Waals surface area contributed by atoms with E-state index in [-0.39, 0.29) is 11.8 Å². The van der Waals surface area contributed by atoms with Crippen molar-refractivity contribution in [2.45, 2.75) is 20.4 Å². The molecule has 0 saturated carbocycles. The summed E-state index contributed by atoms with van der Waals surface area (Å²) in [6.45, 7) is 3.95. The van der Waals surface area contributed by atoms with Gasteiger partial charge in [0, 0.05) is 34.6 Å². The van der Waals surface area contributed by atoms with Crippen LogP contribution in [0.15, 0.2) is 54.9 Å². The molecule has 1 aromatic carbocycles. The minimum absolute atomic E-state index is 0.0643. The molecule has 9 heteroatoms. The summed E-state index contributed by atoms with van der Waals surface area (Å²) >= 11 is 2.98. The van der Waals surface area contributed by atoms with E-state index in [1.165, 1.54) is 30.7 Å². The molecule has 3 heterocycles. The minimum atomic E-state index is -0.308. The first-order valence-electron chi connectivity index (χ1n) is 9.49. The first kappa shape index (κ1) is 20.8. The van der Waals surface area contributed by atoms with Crippen molar-refractivity contribution in [2.75, 3.05) is 5.32 Å². The number of hydrogen-bond donors (Lipinski definition) is 2. The number of anilines is 1. The van der Waals surface area contributed by atoms with Gasteiger partial charge >= 0.3 is 0 Å². The minimum Gasteiger partial charge on any atom is -0.351 e. The van der Waals surface area contributed by atoms with Crippen molar-refractivity contribution < 1.29 is 9.59 Å². The Morgan fingerprint density at radius 2 is 1.74 bits per heavy atom. The number of carbonyl (C=O) groups is 2. The molecule has 2 N–H and O–H groups in total. The highest BCUT2D eigenvalue weighted by Crippen LogP contribution is 2.34. The maximum Gasteiger partial charge on any atom is 0.260 e. The summed E-state index contributed by atoms with van der Waals surface area (Å²) in [5, 5.41) is 6.14. The Balaban J connectivity index is 1.45. The molecule has 0 saturated heterocycles. The Morgan fingerprint density at radius 3 is 2.45 bits per heavy atom. The summed E-state index contributed by atoms with van der Waals surface area (Å²) in [5.41, 5.74) is 2.08. The maximum absolute atomic E-state index is 12.6. The summed E-state index contributed by atoms with van der Waals surface area (Å²) in [5.74, 6) is 0.195. The molecule has 7 nitrogen and oxygen atoms in total. The summed E-state index contributed by atoms with van der Waals surface area (Å²) < 4.78 is 0. The molecule has 31 heavy (non-hydrogen) atoms. The second kappa shape index (κ2) is 9.15. The van der Waals surface area contributed by atoms with Crippen LogP contribution in [0.1, 0.15) is 27.0 Å². The van der Waals surface area contributed by atoms with Gasteiger partial charge < -0.3 is 5.32 Å². The topological polar surface area (TPSA) is 96.9 Å². The van der Waals surface area contributed by atoms with Crippen LogP contribution < -0.4 is 10.6 Å². The zero-order valence-electron chi connectivity index (χ0n) is 16.9. The molecule has 0 spiro atoms. The standard InChI is InChI=1S/C22H19N5O2S2/c1-13-19(18-9-8-17(31-18)12-23-14(2)28)26-22(30-13)27-21(29)16-10-24-20(25-11-16)15-6-4-3-5-7-15/h3-11H,12H2,1-2H3,(H,23,28)(H,26,27,29). The van der Waals surface area contributed by atoms with Crippen LogP contribution in [-0.2, 0) is 11.3 Å². The fraction of sp³-hybridized carbons (Fsp3) is 0.136. The highest BCUT2D eigenvalue weighted by atomic mass is 32.1. The first-order chi connectivity index (χ1) is 15.0. The molecule has 0 atom stereocenters. The number of nitrogens with zero attached hydrogens (tertiary/aromatic N) is 3. The molecule has 0 fully saturated rings. The third-order valence-corrected chi connectivity index (χ3v) is 6.35. The third kappa shape index (κ3) is 5.01. The van der Waals surface area contributed by atoms with Crippen LogP contribution in [0.2, 0.25) is 0 Å². The third-order valence-electron chi connectivity index (χ3n) is 4.37. The highest BCUT2D eigenvalue weighted by Gasteiger charge is 2.15. The SMILES string of the molecule is CC(=O)NCc1ccc(-c2nc(NC(=O)c3cnc(-c4ccccc4)nc3)sc2C)s1. The normalized spacial score (nSPS) is 10.6. The van der Waals surface area contributed by atoms with E-state index in [9.17, 15) is 9.59 Å². The van der Waals surface area contributed by atoms with Gasteiger partial charge in [-0.2, -0.15) is 0 Å². The molecule has 0 bridgehead atoms. The second-order valence-corrected chi connectivity index (χ2v) is 9.09. The highest BCUT2D eigenvalue weighted by molar-refractivity contribution is 7.18. The van der Waals surface area contributed by atoms with E-state index < -0.39 is 0 Å². The van der Waals surface area contributed by atoms with Crippen molar-refractivity contribution in [1.29, 1.82) is 0 Å². The lowest BCUT2D eigenvalue weighted by molar-refractivity contribution is -0.119. The predicted octanol–water partition coefficient (Wildman–Crippen LogP) is 4.53. The lowest BCUT2D eigenvalue weighted by atomic mass is 10.2. The van der Waals surface area contributed by atoms with Crippen molar-refractivity contribution in [3.63, 3.8) is 0 Å². The van der Waals surface area contributed by atoms with Crippen molar-refractivity contribution in [3.8, 4) is 22.0 Å². The molecule has 0 aliphatic carbocycles. The zero-order chi connectivity index (χ0) is 21.8. The fourth-order valence-electron chi connectivity index (χ4n) is 2.84. The number of amides is 2. The smallest absolute Gasteiger partial charge is 0.260 e. The Kier molecular flexibility index (Phi) is 6.15. The number of aryl methyl sites for hydroxylation is 1. The van der Waals surface area contributed by atoms with Gasteiger partial charge in [-0.25, -0.2) is 15.0 Å². The number of thiazole rings is 1. The molecule has 4 aromatic rings. The van der Waals surface area contributed by atoms with Crippen LogP contribution in [0, 0.1) is 6.92 Å². The van der Waals surface area contributed by atoms with Crippen LogP contribution >= 0.6 is 22.7 Å². The van der Waals surface area contributed by atoms with Crippen LogP contribution in [-0.4, -0.2) is 26.8 Å².